The van der Waals surface area contributed by atoms with E-state index in [2.05, 4.69) is 45.0 Å². The van der Waals surface area contributed by atoms with Crippen molar-refractivity contribution in [2.24, 2.45) is 23.7 Å². The van der Waals surface area contributed by atoms with Crippen molar-refractivity contribution in [1.29, 1.82) is 0 Å². The molecular formula is C25H40. The lowest BCUT2D eigenvalue weighted by Crippen LogP contribution is -2.31. The van der Waals surface area contributed by atoms with Gasteiger partial charge >= 0.3 is 0 Å². The van der Waals surface area contributed by atoms with E-state index in [9.17, 15) is 0 Å². The summed E-state index contributed by atoms with van der Waals surface area (Å²) in [5.74, 6) is 4.87. The maximum absolute atomic E-state index is 2.55. The van der Waals surface area contributed by atoms with Crippen LogP contribution in [0, 0.1) is 23.7 Å². The van der Waals surface area contributed by atoms with Gasteiger partial charge in [0.25, 0.3) is 0 Å². The fourth-order valence-corrected chi connectivity index (χ4v) is 5.82. The molecule has 1 aromatic carbocycles. The maximum Gasteiger partial charge on any atom is -0.0162 e. The summed E-state index contributed by atoms with van der Waals surface area (Å²) in [5.41, 5.74) is 3.14. The Morgan fingerprint density at radius 1 is 0.880 bits per heavy atom. The predicted octanol–water partition coefficient (Wildman–Crippen LogP) is 7.77. The topological polar surface area (TPSA) is 0 Å². The summed E-state index contributed by atoms with van der Waals surface area (Å²) in [6.07, 6.45) is 15.6. The highest BCUT2D eigenvalue weighted by atomic mass is 14.4. The van der Waals surface area contributed by atoms with Crippen molar-refractivity contribution in [3.8, 4) is 0 Å². The smallest absolute Gasteiger partial charge is 0.0162 e. The second-order valence-electron chi connectivity index (χ2n) is 9.19. The summed E-state index contributed by atoms with van der Waals surface area (Å²) in [7, 11) is 0. The van der Waals surface area contributed by atoms with Gasteiger partial charge in [-0.2, -0.15) is 0 Å². The van der Waals surface area contributed by atoms with E-state index in [4.69, 9.17) is 0 Å². The Labute approximate surface area is 156 Å². The quantitative estimate of drug-likeness (QED) is 0.496. The van der Waals surface area contributed by atoms with Crippen LogP contribution in [0.2, 0.25) is 0 Å². The normalized spacial score (nSPS) is 33.3. The molecule has 0 aromatic heterocycles. The Balaban J connectivity index is 1.50. The van der Waals surface area contributed by atoms with Gasteiger partial charge in [0.05, 0.1) is 0 Å². The van der Waals surface area contributed by atoms with Crippen molar-refractivity contribution in [2.75, 3.05) is 0 Å². The number of unbranched alkanes of at least 4 members (excludes halogenated alkanes) is 1. The molecule has 25 heavy (non-hydrogen) atoms. The lowest BCUT2D eigenvalue weighted by atomic mass is 9.64. The minimum atomic E-state index is 0.832. The lowest BCUT2D eigenvalue weighted by molar-refractivity contribution is 0.104. The molecule has 1 aromatic rings. The minimum absolute atomic E-state index is 0.832. The van der Waals surface area contributed by atoms with Crippen molar-refractivity contribution >= 4 is 0 Å². The molecule has 0 amide bonds. The molecule has 0 aliphatic heterocycles. The standard InChI is InChI=1S/C25H40/c1-4-6-7-21-8-11-22(12-9-21)23-13-15-24(16-14-23)25-17-10-20(5-2)18-19(25)3/h8-9,11-12,19-20,23-25H,4-7,10,13-18H2,1-3H3. The first-order chi connectivity index (χ1) is 12.2. The van der Waals surface area contributed by atoms with Gasteiger partial charge in [-0.3, -0.25) is 0 Å². The molecule has 0 N–H and O–H groups in total. The number of aryl methyl sites for hydroxylation is 1. The Morgan fingerprint density at radius 2 is 1.60 bits per heavy atom. The molecule has 3 unspecified atom stereocenters. The van der Waals surface area contributed by atoms with Crippen LogP contribution in [0.5, 0.6) is 0 Å². The third kappa shape index (κ3) is 4.89. The summed E-state index contributed by atoms with van der Waals surface area (Å²) in [5, 5.41) is 0. The SMILES string of the molecule is CCCCc1ccc(C2CCC(C3CCC(CC)CC3C)CC2)cc1. The number of hydrogen-bond acceptors (Lipinski definition) is 0. The van der Waals surface area contributed by atoms with Crippen LogP contribution in [-0.4, -0.2) is 0 Å². The predicted molar refractivity (Wildman–Crippen MR) is 110 cm³/mol. The molecule has 3 rings (SSSR count). The summed E-state index contributed by atoms with van der Waals surface area (Å²) < 4.78 is 0. The molecule has 0 bridgehead atoms. The van der Waals surface area contributed by atoms with Gasteiger partial charge in [0.1, 0.15) is 0 Å². The van der Waals surface area contributed by atoms with Gasteiger partial charge in [-0.15, -0.1) is 0 Å². The summed E-state index contributed by atoms with van der Waals surface area (Å²) >= 11 is 0. The third-order valence-corrected chi connectivity index (χ3v) is 7.57. The van der Waals surface area contributed by atoms with Crippen molar-refractivity contribution < 1.29 is 0 Å². The number of rotatable bonds is 6. The molecule has 2 fully saturated rings. The second-order valence-corrected chi connectivity index (χ2v) is 9.19. The molecule has 2 saturated carbocycles. The lowest BCUT2D eigenvalue weighted by Gasteiger charge is -2.41. The summed E-state index contributed by atoms with van der Waals surface area (Å²) in [4.78, 5) is 0. The molecular weight excluding hydrogens is 300 g/mol. The maximum atomic E-state index is 2.55. The van der Waals surface area contributed by atoms with Crippen LogP contribution in [0.3, 0.4) is 0 Å². The first kappa shape index (κ1) is 19.0. The van der Waals surface area contributed by atoms with Crippen LogP contribution >= 0.6 is 0 Å². The van der Waals surface area contributed by atoms with Crippen LogP contribution in [0.4, 0.5) is 0 Å². The molecule has 0 nitrogen and oxygen atoms in total. The first-order valence-electron chi connectivity index (χ1n) is 11.3. The van der Waals surface area contributed by atoms with Crippen LogP contribution in [0.1, 0.15) is 102 Å². The van der Waals surface area contributed by atoms with E-state index in [1.54, 1.807) is 5.56 Å². The highest BCUT2D eigenvalue weighted by Gasteiger charge is 2.34. The van der Waals surface area contributed by atoms with Gasteiger partial charge in [0.15, 0.2) is 0 Å². The molecule has 2 aliphatic rings. The molecule has 0 saturated heterocycles. The molecule has 3 atom stereocenters. The minimum Gasteiger partial charge on any atom is -0.0654 e. The molecule has 2 aliphatic carbocycles. The van der Waals surface area contributed by atoms with Crippen LogP contribution in [0.25, 0.3) is 0 Å². The van der Waals surface area contributed by atoms with Gasteiger partial charge in [-0.25, -0.2) is 0 Å². The van der Waals surface area contributed by atoms with Crippen molar-refractivity contribution in [1.82, 2.24) is 0 Å². The molecule has 0 spiro atoms. The van der Waals surface area contributed by atoms with E-state index in [0.717, 1.165) is 29.6 Å². The number of benzene rings is 1. The average Bonchev–Trinajstić information content (AvgIpc) is 2.67. The fourth-order valence-electron chi connectivity index (χ4n) is 5.82. The van der Waals surface area contributed by atoms with Gasteiger partial charge in [-0.05, 0) is 92.1 Å². The van der Waals surface area contributed by atoms with E-state index in [1.165, 1.54) is 76.2 Å². The Morgan fingerprint density at radius 3 is 2.20 bits per heavy atom. The molecule has 0 heteroatoms. The highest BCUT2D eigenvalue weighted by molar-refractivity contribution is 5.26. The zero-order valence-electron chi connectivity index (χ0n) is 17.0. The molecule has 0 radical (unpaired) electrons. The van der Waals surface area contributed by atoms with E-state index >= 15 is 0 Å². The van der Waals surface area contributed by atoms with Crippen LogP contribution in [-0.2, 0) is 6.42 Å². The zero-order valence-corrected chi connectivity index (χ0v) is 17.0. The van der Waals surface area contributed by atoms with Crippen LogP contribution < -0.4 is 0 Å². The number of hydrogen-bond donors (Lipinski definition) is 0. The molecule has 140 valence electrons. The van der Waals surface area contributed by atoms with Gasteiger partial charge in [0, 0.05) is 0 Å². The largest absolute Gasteiger partial charge is 0.0654 e. The Bertz CT molecular complexity index is 491. The van der Waals surface area contributed by atoms with Gasteiger partial charge < -0.3 is 0 Å². The Kier molecular flexibility index (Phi) is 7.02. The first-order valence-corrected chi connectivity index (χ1v) is 11.3. The van der Waals surface area contributed by atoms with E-state index in [-0.39, 0.29) is 0 Å². The Hall–Kier alpha value is -0.780. The van der Waals surface area contributed by atoms with Gasteiger partial charge in [0.2, 0.25) is 0 Å². The van der Waals surface area contributed by atoms with Crippen LogP contribution in [0.15, 0.2) is 24.3 Å². The fraction of sp³-hybridized carbons (Fsp3) is 0.760. The van der Waals surface area contributed by atoms with Crippen molar-refractivity contribution in [3.05, 3.63) is 35.4 Å². The highest BCUT2D eigenvalue weighted by Crippen LogP contribution is 2.46. The monoisotopic (exact) mass is 340 g/mol. The van der Waals surface area contributed by atoms with Crippen molar-refractivity contribution in [3.63, 3.8) is 0 Å². The van der Waals surface area contributed by atoms with E-state index in [1.807, 2.05) is 0 Å². The van der Waals surface area contributed by atoms with E-state index < -0.39 is 0 Å². The zero-order chi connectivity index (χ0) is 17.6. The molecule has 0 heterocycles. The van der Waals surface area contributed by atoms with Gasteiger partial charge in [-0.1, -0.05) is 64.3 Å². The van der Waals surface area contributed by atoms with Crippen molar-refractivity contribution in [2.45, 2.75) is 97.3 Å². The average molecular weight is 341 g/mol. The second kappa shape index (κ2) is 9.24. The summed E-state index contributed by atoms with van der Waals surface area (Å²) in [6.45, 7) is 7.21. The van der Waals surface area contributed by atoms with E-state index in [0.29, 0.717) is 0 Å². The summed E-state index contributed by atoms with van der Waals surface area (Å²) in [6, 6.07) is 9.66. The third-order valence-electron chi connectivity index (χ3n) is 7.57.